The molecule has 3 nitrogen and oxygen atoms in total. The van der Waals surface area contributed by atoms with E-state index in [9.17, 15) is 9.50 Å². The number of nitrogens with one attached hydrogen (secondary N) is 1. The Kier molecular flexibility index (Phi) is 5.23. The Labute approximate surface area is 122 Å². The van der Waals surface area contributed by atoms with Crippen molar-refractivity contribution in [1.29, 1.82) is 0 Å². The van der Waals surface area contributed by atoms with Crippen LogP contribution in [0, 0.1) is 12.7 Å². The molecule has 0 amide bonds. The lowest BCUT2D eigenvalue weighted by atomic mass is 10.1. The van der Waals surface area contributed by atoms with E-state index in [0.29, 0.717) is 12.1 Å². The first-order valence-electron chi connectivity index (χ1n) is 6.69. The molecule has 5 heteroatoms. The van der Waals surface area contributed by atoms with Crippen molar-refractivity contribution in [2.75, 3.05) is 6.54 Å². The van der Waals surface area contributed by atoms with Gasteiger partial charge in [0.1, 0.15) is 10.8 Å². The fourth-order valence-electron chi connectivity index (χ4n) is 2.00. The standard InChI is InChI=1S/C15H19FN2OS/c1-3-13(15-18-10(2)9-20-15)17-8-14(19)11-4-6-12(16)7-5-11/h4-7,9,13-14,17,19H,3,8H2,1-2H3/t13-,14-/m1/s1. The number of nitrogens with zero attached hydrogens (tertiary/aromatic N) is 1. The van der Waals surface area contributed by atoms with Gasteiger partial charge < -0.3 is 10.4 Å². The van der Waals surface area contributed by atoms with E-state index in [4.69, 9.17) is 0 Å². The first kappa shape index (κ1) is 15.1. The first-order chi connectivity index (χ1) is 9.60. The Balaban J connectivity index is 1.94. The van der Waals surface area contributed by atoms with E-state index < -0.39 is 6.10 Å². The Morgan fingerprint density at radius 2 is 2.05 bits per heavy atom. The van der Waals surface area contributed by atoms with Crippen LogP contribution in [0.1, 0.15) is 41.8 Å². The summed E-state index contributed by atoms with van der Waals surface area (Å²) in [5.41, 5.74) is 1.73. The van der Waals surface area contributed by atoms with Crippen LogP contribution in [-0.4, -0.2) is 16.6 Å². The first-order valence-corrected chi connectivity index (χ1v) is 7.57. The number of aromatic nitrogens is 1. The van der Waals surface area contributed by atoms with E-state index in [-0.39, 0.29) is 11.9 Å². The summed E-state index contributed by atoms with van der Waals surface area (Å²) in [6.45, 7) is 4.47. The maximum atomic E-state index is 12.8. The third-order valence-electron chi connectivity index (χ3n) is 3.16. The maximum absolute atomic E-state index is 12.8. The number of aryl methyl sites for hydroxylation is 1. The third kappa shape index (κ3) is 3.85. The molecule has 1 heterocycles. The number of hydrogen-bond donors (Lipinski definition) is 2. The van der Waals surface area contributed by atoms with Gasteiger partial charge in [0.05, 0.1) is 12.1 Å². The molecule has 0 aliphatic carbocycles. The molecule has 108 valence electrons. The van der Waals surface area contributed by atoms with Crippen LogP contribution < -0.4 is 5.32 Å². The third-order valence-corrected chi connectivity index (χ3v) is 4.23. The van der Waals surface area contributed by atoms with Crippen molar-refractivity contribution in [3.8, 4) is 0 Å². The highest BCUT2D eigenvalue weighted by atomic mass is 32.1. The van der Waals surface area contributed by atoms with Crippen LogP contribution in [0.15, 0.2) is 29.6 Å². The maximum Gasteiger partial charge on any atom is 0.123 e. The number of halogens is 1. The number of thiazole rings is 1. The molecule has 2 aromatic rings. The predicted molar refractivity (Wildman–Crippen MR) is 79.2 cm³/mol. The number of rotatable bonds is 6. The second-order valence-electron chi connectivity index (χ2n) is 4.76. The average molecular weight is 294 g/mol. The molecule has 0 spiro atoms. The van der Waals surface area contributed by atoms with Gasteiger partial charge in [-0.05, 0) is 31.0 Å². The number of aliphatic hydroxyl groups is 1. The van der Waals surface area contributed by atoms with Gasteiger partial charge in [-0.1, -0.05) is 19.1 Å². The lowest BCUT2D eigenvalue weighted by Gasteiger charge is -2.18. The van der Waals surface area contributed by atoms with Gasteiger partial charge in [0.2, 0.25) is 0 Å². The molecule has 0 fully saturated rings. The van der Waals surface area contributed by atoms with Crippen LogP contribution >= 0.6 is 11.3 Å². The molecule has 0 unspecified atom stereocenters. The molecule has 0 radical (unpaired) electrons. The highest BCUT2D eigenvalue weighted by Gasteiger charge is 2.15. The second-order valence-corrected chi connectivity index (χ2v) is 5.65. The normalized spacial score (nSPS) is 14.2. The molecule has 20 heavy (non-hydrogen) atoms. The van der Waals surface area contributed by atoms with Gasteiger partial charge in [0, 0.05) is 17.6 Å². The van der Waals surface area contributed by atoms with E-state index in [1.54, 1.807) is 23.5 Å². The lowest BCUT2D eigenvalue weighted by Crippen LogP contribution is -2.26. The average Bonchev–Trinajstić information content (AvgIpc) is 2.86. The molecular formula is C15H19FN2OS. The Hall–Kier alpha value is -1.30. The van der Waals surface area contributed by atoms with E-state index in [1.807, 2.05) is 12.3 Å². The minimum absolute atomic E-state index is 0.142. The fourth-order valence-corrected chi connectivity index (χ4v) is 2.95. The van der Waals surface area contributed by atoms with Crippen molar-refractivity contribution in [2.24, 2.45) is 0 Å². The largest absolute Gasteiger partial charge is 0.387 e. The summed E-state index contributed by atoms with van der Waals surface area (Å²) >= 11 is 1.63. The monoisotopic (exact) mass is 294 g/mol. The van der Waals surface area contributed by atoms with Crippen molar-refractivity contribution < 1.29 is 9.50 Å². The Morgan fingerprint density at radius 3 is 2.60 bits per heavy atom. The molecule has 0 saturated carbocycles. The van der Waals surface area contributed by atoms with Crippen LogP contribution in [0.25, 0.3) is 0 Å². The highest BCUT2D eigenvalue weighted by molar-refractivity contribution is 7.09. The molecule has 0 aliphatic rings. The summed E-state index contributed by atoms with van der Waals surface area (Å²) < 4.78 is 12.8. The lowest BCUT2D eigenvalue weighted by molar-refractivity contribution is 0.169. The summed E-state index contributed by atoms with van der Waals surface area (Å²) in [5.74, 6) is -0.293. The molecule has 0 saturated heterocycles. The van der Waals surface area contributed by atoms with Crippen LogP contribution in [-0.2, 0) is 0 Å². The zero-order chi connectivity index (χ0) is 14.5. The second kappa shape index (κ2) is 6.92. The van der Waals surface area contributed by atoms with Gasteiger partial charge in [-0.3, -0.25) is 0 Å². The quantitative estimate of drug-likeness (QED) is 0.858. The Morgan fingerprint density at radius 1 is 1.35 bits per heavy atom. The van der Waals surface area contributed by atoms with E-state index >= 15 is 0 Å². The number of benzene rings is 1. The zero-order valence-corrected chi connectivity index (χ0v) is 12.5. The molecule has 2 atom stereocenters. The van der Waals surface area contributed by atoms with Crippen LogP contribution in [0.3, 0.4) is 0 Å². The van der Waals surface area contributed by atoms with Gasteiger partial charge in [0.25, 0.3) is 0 Å². The fraction of sp³-hybridized carbons (Fsp3) is 0.400. The van der Waals surface area contributed by atoms with Crippen molar-refractivity contribution >= 4 is 11.3 Å². The van der Waals surface area contributed by atoms with Crippen LogP contribution in [0.2, 0.25) is 0 Å². The van der Waals surface area contributed by atoms with Gasteiger partial charge in [-0.15, -0.1) is 11.3 Å². The van der Waals surface area contributed by atoms with Crippen LogP contribution in [0.5, 0.6) is 0 Å². The summed E-state index contributed by atoms with van der Waals surface area (Å²) in [6.07, 6.45) is 0.258. The van der Waals surface area contributed by atoms with Gasteiger partial charge in [-0.25, -0.2) is 9.37 Å². The SMILES string of the molecule is CC[C@@H](NC[C@@H](O)c1ccc(F)cc1)c1nc(C)cs1. The minimum Gasteiger partial charge on any atom is -0.387 e. The smallest absolute Gasteiger partial charge is 0.123 e. The summed E-state index contributed by atoms with van der Waals surface area (Å²) in [4.78, 5) is 4.47. The highest BCUT2D eigenvalue weighted by Crippen LogP contribution is 2.22. The van der Waals surface area contributed by atoms with Crippen molar-refractivity contribution in [1.82, 2.24) is 10.3 Å². The van der Waals surface area contributed by atoms with Gasteiger partial charge in [0.15, 0.2) is 0 Å². The van der Waals surface area contributed by atoms with E-state index in [0.717, 1.165) is 17.1 Å². The van der Waals surface area contributed by atoms with Crippen LogP contribution in [0.4, 0.5) is 4.39 Å². The topological polar surface area (TPSA) is 45.1 Å². The van der Waals surface area contributed by atoms with Crippen molar-refractivity contribution in [2.45, 2.75) is 32.4 Å². The van der Waals surface area contributed by atoms with Gasteiger partial charge in [-0.2, -0.15) is 0 Å². The molecular weight excluding hydrogens is 275 g/mol. The molecule has 0 bridgehead atoms. The minimum atomic E-state index is -0.647. The molecule has 1 aromatic heterocycles. The number of aliphatic hydroxyl groups excluding tert-OH is 1. The van der Waals surface area contributed by atoms with Crippen molar-refractivity contribution in [3.05, 3.63) is 51.7 Å². The summed E-state index contributed by atoms with van der Waals surface area (Å²) in [6, 6.07) is 6.08. The van der Waals surface area contributed by atoms with Crippen molar-refractivity contribution in [3.63, 3.8) is 0 Å². The zero-order valence-electron chi connectivity index (χ0n) is 11.6. The molecule has 2 rings (SSSR count). The Bertz CT molecular complexity index is 541. The van der Waals surface area contributed by atoms with E-state index in [2.05, 4.69) is 17.2 Å². The number of hydrogen-bond acceptors (Lipinski definition) is 4. The van der Waals surface area contributed by atoms with Gasteiger partial charge >= 0.3 is 0 Å². The molecule has 1 aromatic carbocycles. The molecule has 2 N–H and O–H groups in total. The summed E-state index contributed by atoms with van der Waals surface area (Å²) in [7, 11) is 0. The molecule has 0 aliphatic heterocycles. The van der Waals surface area contributed by atoms with E-state index in [1.165, 1.54) is 12.1 Å². The summed E-state index contributed by atoms with van der Waals surface area (Å²) in [5, 5.41) is 16.5. The predicted octanol–water partition coefficient (Wildman–Crippen LogP) is 3.36.